The SMILES string of the molecule is CNCc1csc(-c2cc(OC)ncn2)n1. The van der Waals surface area contributed by atoms with Gasteiger partial charge < -0.3 is 10.1 Å². The van der Waals surface area contributed by atoms with Gasteiger partial charge in [-0.3, -0.25) is 0 Å². The highest BCUT2D eigenvalue weighted by Gasteiger charge is 2.07. The third-order valence-corrected chi connectivity index (χ3v) is 2.89. The summed E-state index contributed by atoms with van der Waals surface area (Å²) in [5.74, 6) is 0.551. The molecule has 0 aliphatic carbocycles. The molecule has 0 saturated carbocycles. The summed E-state index contributed by atoms with van der Waals surface area (Å²) in [4.78, 5) is 12.6. The van der Waals surface area contributed by atoms with E-state index < -0.39 is 0 Å². The van der Waals surface area contributed by atoms with E-state index in [4.69, 9.17) is 4.74 Å². The number of hydrogen-bond donors (Lipinski definition) is 1. The van der Waals surface area contributed by atoms with Crippen LogP contribution in [-0.4, -0.2) is 29.1 Å². The van der Waals surface area contributed by atoms with Crippen molar-refractivity contribution in [1.29, 1.82) is 0 Å². The van der Waals surface area contributed by atoms with Crippen molar-refractivity contribution in [2.75, 3.05) is 14.2 Å². The first kappa shape index (κ1) is 11.0. The lowest BCUT2D eigenvalue weighted by atomic mass is 10.4. The third-order valence-electron chi connectivity index (χ3n) is 1.98. The molecule has 84 valence electrons. The number of nitrogens with zero attached hydrogens (tertiary/aromatic N) is 3. The largest absolute Gasteiger partial charge is 0.481 e. The molecule has 0 spiro atoms. The minimum absolute atomic E-state index is 0.551. The van der Waals surface area contributed by atoms with Crippen LogP contribution in [-0.2, 0) is 6.54 Å². The van der Waals surface area contributed by atoms with Gasteiger partial charge in [0.1, 0.15) is 17.0 Å². The molecular weight excluding hydrogens is 224 g/mol. The summed E-state index contributed by atoms with van der Waals surface area (Å²) in [5.41, 5.74) is 1.80. The molecule has 0 fully saturated rings. The molecule has 5 nitrogen and oxygen atoms in total. The Kier molecular flexibility index (Phi) is 3.43. The van der Waals surface area contributed by atoms with Gasteiger partial charge in [0.2, 0.25) is 5.88 Å². The van der Waals surface area contributed by atoms with E-state index in [1.54, 1.807) is 24.5 Å². The second-order valence-electron chi connectivity index (χ2n) is 3.12. The van der Waals surface area contributed by atoms with E-state index in [0.29, 0.717) is 5.88 Å². The van der Waals surface area contributed by atoms with Crippen LogP contribution in [0.2, 0.25) is 0 Å². The second-order valence-corrected chi connectivity index (χ2v) is 3.98. The summed E-state index contributed by atoms with van der Waals surface area (Å²) in [5, 5.41) is 5.95. The van der Waals surface area contributed by atoms with Crippen LogP contribution in [0.3, 0.4) is 0 Å². The van der Waals surface area contributed by atoms with E-state index in [9.17, 15) is 0 Å². The number of thiazole rings is 1. The first-order valence-electron chi connectivity index (χ1n) is 4.79. The molecule has 0 bridgehead atoms. The van der Waals surface area contributed by atoms with Gasteiger partial charge in [-0.05, 0) is 7.05 Å². The summed E-state index contributed by atoms with van der Waals surface area (Å²) in [6.45, 7) is 0.763. The van der Waals surface area contributed by atoms with Crippen molar-refractivity contribution < 1.29 is 4.74 Å². The molecule has 0 amide bonds. The van der Waals surface area contributed by atoms with E-state index in [2.05, 4.69) is 20.3 Å². The molecule has 0 radical (unpaired) electrons. The first-order valence-corrected chi connectivity index (χ1v) is 5.67. The molecule has 6 heteroatoms. The number of methoxy groups -OCH3 is 1. The molecule has 0 aliphatic heterocycles. The highest BCUT2D eigenvalue weighted by Crippen LogP contribution is 2.23. The quantitative estimate of drug-likeness (QED) is 0.867. The molecule has 0 saturated heterocycles. The van der Waals surface area contributed by atoms with Crippen molar-refractivity contribution in [1.82, 2.24) is 20.3 Å². The smallest absolute Gasteiger partial charge is 0.216 e. The van der Waals surface area contributed by atoms with E-state index in [1.165, 1.54) is 6.33 Å². The predicted molar refractivity (Wildman–Crippen MR) is 62.5 cm³/mol. The third kappa shape index (κ3) is 2.34. The minimum Gasteiger partial charge on any atom is -0.481 e. The van der Waals surface area contributed by atoms with Crippen LogP contribution in [0.5, 0.6) is 5.88 Å². The van der Waals surface area contributed by atoms with Crippen LogP contribution >= 0.6 is 11.3 Å². The fraction of sp³-hybridized carbons (Fsp3) is 0.300. The second kappa shape index (κ2) is 5.00. The van der Waals surface area contributed by atoms with Crippen molar-refractivity contribution in [3.8, 4) is 16.6 Å². The number of ether oxygens (including phenoxy) is 1. The zero-order valence-electron chi connectivity index (χ0n) is 9.10. The molecule has 2 heterocycles. The molecule has 0 unspecified atom stereocenters. The van der Waals surface area contributed by atoms with Gasteiger partial charge >= 0.3 is 0 Å². The number of hydrogen-bond acceptors (Lipinski definition) is 6. The Bertz CT molecular complexity index is 471. The standard InChI is InChI=1S/C10H12N4OS/c1-11-4-7-5-16-10(14-7)8-3-9(15-2)13-6-12-8/h3,5-6,11H,4H2,1-2H3. The van der Waals surface area contributed by atoms with Crippen molar-refractivity contribution in [3.05, 3.63) is 23.5 Å². The Morgan fingerprint density at radius 1 is 1.44 bits per heavy atom. The zero-order valence-corrected chi connectivity index (χ0v) is 9.91. The number of rotatable bonds is 4. The zero-order chi connectivity index (χ0) is 11.4. The van der Waals surface area contributed by atoms with E-state index in [-0.39, 0.29) is 0 Å². The Morgan fingerprint density at radius 2 is 2.31 bits per heavy atom. The summed E-state index contributed by atoms with van der Waals surface area (Å²) < 4.78 is 5.04. The Balaban J connectivity index is 2.27. The molecular formula is C10H12N4OS. The summed E-state index contributed by atoms with van der Waals surface area (Å²) in [7, 11) is 3.48. The van der Waals surface area contributed by atoms with Gasteiger partial charge in [-0.25, -0.2) is 15.0 Å². The lowest BCUT2D eigenvalue weighted by molar-refractivity contribution is 0.397. The average Bonchev–Trinajstić information content (AvgIpc) is 2.78. The van der Waals surface area contributed by atoms with Crippen LogP contribution in [0.1, 0.15) is 5.69 Å². The lowest BCUT2D eigenvalue weighted by Crippen LogP contribution is -2.04. The van der Waals surface area contributed by atoms with Crippen LogP contribution < -0.4 is 10.1 Å². The maximum Gasteiger partial charge on any atom is 0.216 e. The average molecular weight is 236 g/mol. The topological polar surface area (TPSA) is 59.9 Å². The van der Waals surface area contributed by atoms with Crippen molar-refractivity contribution in [3.63, 3.8) is 0 Å². The molecule has 1 N–H and O–H groups in total. The monoisotopic (exact) mass is 236 g/mol. The van der Waals surface area contributed by atoms with Gasteiger partial charge in [0.25, 0.3) is 0 Å². The van der Waals surface area contributed by atoms with Crippen molar-refractivity contribution in [2.45, 2.75) is 6.54 Å². The van der Waals surface area contributed by atoms with Gasteiger partial charge in [-0.1, -0.05) is 0 Å². The Morgan fingerprint density at radius 3 is 3.06 bits per heavy atom. The normalized spacial score (nSPS) is 10.4. The summed E-state index contributed by atoms with van der Waals surface area (Å²) in [6, 6.07) is 1.78. The molecule has 2 aromatic heterocycles. The van der Waals surface area contributed by atoms with Gasteiger partial charge in [0, 0.05) is 18.0 Å². The van der Waals surface area contributed by atoms with Crippen molar-refractivity contribution >= 4 is 11.3 Å². The van der Waals surface area contributed by atoms with E-state index >= 15 is 0 Å². The van der Waals surface area contributed by atoms with Crippen LogP contribution in [0, 0.1) is 0 Å². The number of nitrogens with one attached hydrogen (secondary N) is 1. The molecule has 16 heavy (non-hydrogen) atoms. The highest BCUT2D eigenvalue weighted by atomic mass is 32.1. The lowest BCUT2D eigenvalue weighted by Gasteiger charge is -1.99. The van der Waals surface area contributed by atoms with Gasteiger partial charge in [0.15, 0.2) is 0 Å². The van der Waals surface area contributed by atoms with Crippen molar-refractivity contribution in [2.24, 2.45) is 0 Å². The maximum absolute atomic E-state index is 5.04. The predicted octanol–water partition coefficient (Wildman–Crippen LogP) is 1.33. The van der Waals surface area contributed by atoms with Gasteiger partial charge in [-0.2, -0.15) is 0 Å². The van der Waals surface area contributed by atoms with Crippen LogP contribution in [0.4, 0.5) is 0 Å². The molecule has 2 rings (SSSR count). The minimum atomic E-state index is 0.551. The van der Waals surface area contributed by atoms with Crippen LogP contribution in [0.25, 0.3) is 10.7 Å². The Hall–Kier alpha value is -1.53. The number of aromatic nitrogens is 3. The molecule has 0 aliphatic rings. The van der Waals surface area contributed by atoms with Gasteiger partial charge in [0.05, 0.1) is 12.8 Å². The first-order chi connectivity index (χ1) is 7.83. The Labute approximate surface area is 97.5 Å². The van der Waals surface area contributed by atoms with Crippen LogP contribution in [0.15, 0.2) is 17.8 Å². The van der Waals surface area contributed by atoms with Gasteiger partial charge in [-0.15, -0.1) is 11.3 Å². The van der Waals surface area contributed by atoms with E-state index in [1.807, 2.05) is 12.4 Å². The summed E-state index contributed by atoms with van der Waals surface area (Å²) >= 11 is 1.56. The molecule has 0 aromatic carbocycles. The molecule has 0 atom stereocenters. The highest BCUT2D eigenvalue weighted by molar-refractivity contribution is 7.13. The fourth-order valence-corrected chi connectivity index (χ4v) is 2.04. The maximum atomic E-state index is 5.04. The molecule has 2 aromatic rings. The summed E-state index contributed by atoms with van der Waals surface area (Å²) in [6.07, 6.45) is 1.48. The fourth-order valence-electron chi connectivity index (χ4n) is 1.25. The van der Waals surface area contributed by atoms with E-state index in [0.717, 1.165) is 22.9 Å².